The van der Waals surface area contributed by atoms with Crippen molar-refractivity contribution in [3.05, 3.63) is 65.6 Å². The quantitative estimate of drug-likeness (QED) is 0.753. The van der Waals surface area contributed by atoms with Gasteiger partial charge in [0.2, 0.25) is 5.91 Å². The molecule has 3 aromatic rings. The fourth-order valence-electron chi connectivity index (χ4n) is 2.05. The van der Waals surface area contributed by atoms with E-state index in [1.54, 1.807) is 24.5 Å². The number of amides is 1. The Morgan fingerprint density at radius 2 is 2.05 bits per heavy atom. The molecule has 3 rings (SSSR count). The van der Waals surface area contributed by atoms with Gasteiger partial charge in [0.25, 0.3) is 0 Å². The van der Waals surface area contributed by atoms with E-state index >= 15 is 0 Å². The lowest BCUT2D eigenvalue weighted by Crippen LogP contribution is -2.14. The van der Waals surface area contributed by atoms with Crippen LogP contribution in [0, 0.1) is 0 Å². The monoisotopic (exact) mass is 297 g/mol. The van der Waals surface area contributed by atoms with Gasteiger partial charge >= 0.3 is 0 Å². The van der Waals surface area contributed by atoms with Crippen molar-refractivity contribution in [2.24, 2.45) is 0 Å². The standard InChI is InChI=1S/C16H12ClN3O/c17-15-6-3-11(10-19-15)8-16(21)20-13-4-5-14-12(9-13)2-1-7-18-14/h1-7,9-10H,8H2,(H,20,21). The molecule has 0 bridgehead atoms. The fourth-order valence-corrected chi connectivity index (χ4v) is 2.17. The molecule has 0 fully saturated rings. The summed E-state index contributed by atoms with van der Waals surface area (Å²) in [6.45, 7) is 0. The molecule has 104 valence electrons. The summed E-state index contributed by atoms with van der Waals surface area (Å²) >= 11 is 5.72. The second-order valence-electron chi connectivity index (χ2n) is 4.63. The second kappa shape index (κ2) is 5.89. The Morgan fingerprint density at radius 1 is 1.14 bits per heavy atom. The van der Waals surface area contributed by atoms with Crippen molar-refractivity contribution in [3.8, 4) is 0 Å². The highest BCUT2D eigenvalue weighted by Crippen LogP contribution is 2.17. The van der Waals surface area contributed by atoms with Gasteiger partial charge in [0.15, 0.2) is 0 Å². The van der Waals surface area contributed by atoms with Crippen LogP contribution in [0.4, 0.5) is 5.69 Å². The number of fused-ring (bicyclic) bond motifs is 1. The van der Waals surface area contributed by atoms with E-state index in [-0.39, 0.29) is 12.3 Å². The number of carbonyl (C=O) groups excluding carboxylic acids is 1. The molecule has 0 unspecified atom stereocenters. The van der Waals surface area contributed by atoms with Crippen LogP contribution in [0.5, 0.6) is 0 Å². The molecular weight excluding hydrogens is 286 g/mol. The average molecular weight is 298 g/mol. The van der Waals surface area contributed by atoms with E-state index in [2.05, 4.69) is 15.3 Å². The topological polar surface area (TPSA) is 54.9 Å². The molecule has 0 aliphatic heterocycles. The maximum atomic E-state index is 12.0. The van der Waals surface area contributed by atoms with E-state index in [0.717, 1.165) is 22.2 Å². The van der Waals surface area contributed by atoms with E-state index in [1.807, 2.05) is 30.3 Å². The van der Waals surface area contributed by atoms with Crippen LogP contribution in [0.25, 0.3) is 10.9 Å². The normalized spacial score (nSPS) is 10.5. The van der Waals surface area contributed by atoms with E-state index in [1.165, 1.54) is 0 Å². The molecule has 2 heterocycles. The van der Waals surface area contributed by atoms with Crippen molar-refractivity contribution < 1.29 is 4.79 Å². The van der Waals surface area contributed by atoms with Gasteiger partial charge in [-0.05, 0) is 35.9 Å². The molecule has 0 saturated heterocycles. The van der Waals surface area contributed by atoms with Crippen molar-refractivity contribution >= 4 is 34.1 Å². The number of nitrogens with one attached hydrogen (secondary N) is 1. The zero-order chi connectivity index (χ0) is 14.7. The zero-order valence-corrected chi connectivity index (χ0v) is 11.8. The van der Waals surface area contributed by atoms with Gasteiger partial charge in [0, 0.05) is 23.5 Å². The Kier molecular flexibility index (Phi) is 3.79. The molecule has 0 radical (unpaired) electrons. The van der Waals surface area contributed by atoms with E-state index in [9.17, 15) is 4.79 Å². The number of hydrogen-bond donors (Lipinski definition) is 1. The number of carbonyl (C=O) groups is 1. The van der Waals surface area contributed by atoms with Crippen LogP contribution < -0.4 is 5.32 Å². The maximum Gasteiger partial charge on any atom is 0.228 e. The highest BCUT2D eigenvalue weighted by atomic mass is 35.5. The minimum atomic E-state index is -0.0950. The van der Waals surface area contributed by atoms with E-state index in [4.69, 9.17) is 11.6 Å². The number of anilines is 1. The fraction of sp³-hybridized carbons (Fsp3) is 0.0625. The summed E-state index contributed by atoms with van der Waals surface area (Å²) < 4.78 is 0. The molecule has 0 saturated carbocycles. The molecular formula is C16H12ClN3O. The summed E-state index contributed by atoms with van der Waals surface area (Å²) in [7, 11) is 0. The third-order valence-electron chi connectivity index (χ3n) is 3.04. The third-order valence-corrected chi connectivity index (χ3v) is 3.26. The minimum Gasteiger partial charge on any atom is -0.326 e. The van der Waals surface area contributed by atoms with Crippen molar-refractivity contribution in [2.45, 2.75) is 6.42 Å². The number of benzene rings is 1. The Morgan fingerprint density at radius 3 is 2.86 bits per heavy atom. The zero-order valence-electron chi connectivity index (χ0n) is 11.1. The largest absolute Gasteiger partial charge is 0.326 e. The van der Waals surface area contributed by atoms with Gasteiger partial charge in [-0.1, -0.05) is 23.7 Å². The first-order chi connectivity index (χ1) is 10.2. The molecule has 0 atom stereocenters. The lowest BCUT2D eigenvalue weighted by molar-refractivity contribution is -0.115. The summed E-state index contributed by atoms with van der Waals surface area (Å²) in [5.41, 5.74) is 2.47. The number of pyridine rings is 2. The molecule has 2 aromatic heterocycles. The van der Waals surface area contributed by atoms with Gasteiger partial charge in [-0.2, -0.15) is 0 Å². The van der Waals surface area contributed by atoms with Crippen molar-refractivity contribution in [3.63, 3.8) is 0 Å². The Labute approximate surface area is 126 Å². The van der Waals surface area contributed by atoms with Crippen molar-refractivity contribution in [2.75, 3.05) is 5.32 Å². The Hall–Kier alpha value is -2.46. The van der Waals surface area contributed by atoms with E-state index in [0.29, 0.717) is 5.15 Å². The highest BCUT2D eigenvalue weighted by Gasteiger charge is 2.05. The van der Waals surface area contributed by atoms with Gasteiger partial charge in [0.05, 0.1) is 11.9 Å². The number of rotatable bonds is 3. The molecule has 1 N–H and O–H groups in total. The van der Waals surface area contributed by atoms with Crippen LogP contribution in [-0.4, -0.2) is 15.9 Å². The Balaban J connectivity index is 1.72. The van der Waals surface area contributed by atoms with Gasteiger partial charge in [-0.3, -0.25) is 9.78 Å². The predicted molar refractivity (Wildman–Crippen MR) is 83.3 cm³/mol. The lowest BCUT2D eigenvalue weighted by atomic mass is 10.2. The van der Waals surface area contributed by atoms with Gasteiger partial charge < -0.3 is 5.32 Å². The Bertz CT molecular complexity index is 787. The predicted octanol–water partition coefficient (Wildman–Crippen LogP) is 3.46. The van der Waals surface area contributed by atoms with Crippen LogP contribution in [0.3, 0.4) is 0 Å². The SMILES string of the molecule is O=C(Cc1ccc(Cl)nc1)Nc1ccc2ncccc2c1. The molecule has 1 aromatic carbocycles. The molecule has 21 heavy (non-hydrogen) atoms. The number of halogens is 1. The first-order valence-electron chi connectivity index (χ1n) is 6.46. The minimum absolute atomic E-state index is 0.0950. The molecule has 1 amide bonds. The number of nitrogens with zero attached hydrogens (tertiary/aromatic N) is 2. The molecule has 0 aliphatic carbocycles. The molecule has 4 nitrogen and oxygen atoms in total. The highest BCUT2D eigenvalue weighted by molar-refractivity contribution is 6.29. The van der Waals surface area contributed by atoms with Crippen molar-refractivity contribution in [1.82, 2.24) is 9.97 Å². The lowest BCUT2D eigenvalue weighted by Gasteiger charge is -2.06. The van der Waals surface area contributed by atoms with Gasteiger partial charge in [-0.25, -0.2) is 4.98 Å². The average Bonchev–Trinajstić information content (AvgIpc) is 2.49. The smallest absolute Gasteiger partial charge is 0.228 e. The van der Waals surface area contributed by atoms with Gasteiger partial charge in [-0.15, -0.1) is 0 Å². The van der Waals surface area contributed by atoms with Crippen LogP contribution in [0.2, 0.25) is 5.15 Å². The maximum absolute atomic E-state index is 12.0. The van der Waals surface area contributed by atoms with E-state index < -0.39 is 0 Å². The number of hydrogen-bond acceptors (Lipinski definition) is 3. The number of aromatic nitrogens is 2. The summed E-state index contributed by atoms with van der Waals surface area (Å²) in [6.07, 6.45) is 3.61. The molecule has 5 heteroatoms. The summed E-state index contributed by atoms with van der Waals surface area (Å²) in [6, 6.07) is 12.9. The molecule has 0 spiro atoms. The van der Waals surface area contributed by atoms with Crippen LogP contribution >= 0.6 is 11.6 Å². The summed E-state index contributed by atoms with van der Waals surface area (Å²) in [4.78, 5) is 20.2. The van der Waals surface area contributed by atoms with Gasteiger partial charge in [0.1, 0.15) is 5.15 Å². The third kappa shape index (κ3) is 3.35. The first-order valence-corrected chi connectivity index (χ1v) is 6.83. The van der Waals surface area contributed by atoms with Crippen LogP contribution in [0.1, 0.15) is 5.56 Å². The summed E-state index contributed by atoms with van der Waals surface area (Å²) in [5.74, 6) is -0.0950. The first kappa shape index (κ1) is 13.5. The molecule has 0 aliphatic rings. The van der Waals surface area contributed by atoms with Crippen LogP contribution in [0.15, 0.2) is 54.9 Å². The van der Waals surface area contributed by atoms with Crippen molar-refractivity contribution in [1.29, 1.82) is 0 Å². The summed E-state index contributed by atoms with van der Waals surface area (Å²) in [5, 5.41) is 4.28. The van der Waals surface area contributed by atoms with Crippen LogP contribution in [-0.2, 0) is 11.2 Å². The second-order valence-corrected chi connectivity index (χ2v) is 5.01.